The number of nitrogens with zero attached hydrogens (tertiary/aromatic N) is 3. The lowest BCUT2D eigenvalue weighted by Gasteiger charge is -2.19. The van der Waals surface area contributed by atoms with Crippen LogP contribution in [-0.4, -0.2) is 26.0 Å². The van der Waals surface area contributed by atoms with Crippen molar-refractivity contribution < 1.29 is 9.84 Å². The van der Waals surface area contributed by atoms with Crippen molar-refractivity contribution in [3.05, 3.63) is 65.2 Å². The van der Waals surface area contributed by atoms with E-state index in [1.807, 2.05) is 24.3 Å². The van der Waals surface area contributed by atoms with E-state index in [2.05, 4.69) is 43.0 Å². The first-order valence-electron chi connectivity index (χ1n) is 8.14. The molecular formula is C19H15BrN4O2S. The number of halogens is 1. The van der Waals surface area contributed by atoms with Crippen molar-refractivity contribution >= 4 is 33.4 Å². The second-order valence-corrected chi connectivity index (χ2v) is 7.68. The van der Waals surface area contributed by atoms with Crippen molar-refractivity contribution in [2.75, 3.05) is 11.1 Å². The summed E-state index contributed by atoms with van der Waals surface area (Å²) in [6.07, 6.45) is 1.25. The first-order valence-corrected chi connectivity index (χ1v) is 9.92. The minimum absolute atomic E-state index is 0.168. The number of hydrogen-bond acceptors (Lipinski definition) is 7. The van der Waals surface area contributed by atoms with E-state index in [0.717, 1.165) is 21.3 Å². The second-order valence-electron chi connectivity index (χ2n) is 5.77. The molecule has 0 aliphatic carbocycles. The Bertz CT molecular complexity index is 1010. The first kappa shape index (κ1) is 17.8. The zero-order chi connectivity index (χ0) is 18.8. The van der Waals surface area contributed by atoms with Crippen LogP contribution >= 0.6 is 27.7 Å². The van der Waals surface area contributed by atoms with E-state index in [-0.39, 0.29) is 5.75 Å². The van der Waals surface area contributed by atoms with Gasteiger partial charge in [-0.05, 0) is 30.3 Å². The number of aromatic hydroxyl groups is 1. The van der Waals surface area contributed by atoms with Gasteiger partial charge >= 0.3 is 0 Å². The van der Waals surface area contributed by atoms with Crippen LogP contribution in [0.5, 0.6) is 11.6 Å². The Morgan fingerprint density at radius 1 is 1.26 bits per heavy atom. The predicted octanol–water partition coefficient (Wildman–Crippen LogP) is 4.79. The van der Waals surface area contributed by atoms with Gasteiger partial charge in [0.15, 0.2) is 11.9 Å². The van der Waals surface area contributed by atoms with Crippen molar-refractivity contribution in [1.82, 2.24) is 15.2 Å². The Labute approximate surface area is 168 Å². The van der Waals surface area contributed by atoms with Crippen LogP contribution in [0.15, 0.2) is 64.7 Å². The van der Waals surface area contributed by atoms with Crippen LogP contribution in [0.1, 0.15) is 11.8 Å². The zero-order valence-corrected chi connectivity index (χ0v) is 16.5. The van der Waals surface area contributed by atoms with Gasteiger partial charge in [0, 0.05) is 27.0 Å². The summed E-state index contributed by atoms with van der Waals surface area (Å²) in [4.78, 5) is 4.54. The van der Waals surface area contributed by atoms with Crippen molar-refractivity contribution in [1.29, 1.82) is 0 Å². The molecular weight excluding hydrogens is 428 g/mol. The fourth-order valence-corrected chi connectivity index (χ4v) is 3.58. The third kappa shape index (κ3) is 3.77. The third-order valence-electron chi connectivity index (χ3n) is 3.89. The monoisotopic (exact) mass is 442 g/mol. The number of anilines is 1. The normalized spacial score (nSPS) is 14.9. The van der Waals surface area contributed by atoms with Gasteiger partial charge in [-0.3, -0.25) is 0 Å². The Kier molecular flexibility index (Phi) is 5.00. The number of thioether (sulfide) groups is 1. The molecule has 1 aromatic heterocycles. The van der Waals surface area contributed by atoms with Crippen LogP contribution in [0.2, 0.25) is 0 Å². The van der Waals surface area contributed by atoms with Crippen molar-refractivity contribution in [3.63, 3.8) is 0 Å². The number of phenolic OH excluding ortho intramolecular Hbond substituents is 1. The number of ether oxygens (including phenoxy) is 1. The summed E-state index contributed by atoms with van der Waals surface area (Å²) >= 11 is 4.93. The SMILES string of the molecule is C=CCSc1nnc2c(n1)O[C@H](c1cccc(O)c1)Nc1ccc(Br)cc1-2. The van der Waals surface area contributed by atoms with E-state index in [4.69, 9.17) is 4.74 Å². The minimum atomic E-state index is -0.535. The zero-order valence-electron chi connectivity index (χ0n) is 14.1. The molecule has 0 amide bonds. The Morgan fingerprint density at radius 3 is 2.96 bits per heavy atom. The Balaban J connectivity index is 1.83. The molecule has 2 N–H and O–H groups in total. The number of phenols is 1. The summed E-state index contributed by atoms with van der Waals surface area (Å²) in [6, 6.07) is 12.7. The number of fused-ring (bicyclic) bond motifs is 3. The fourth-order valence-electron chi connectivity index (χ4n) is 2.70. The van der Waals surface area contributed by atoms with E-state index in [1.165, 1.54) is 11.8 Å². The maximum Gasteiger partial charge on any atom is 0.247 e. The van der Waals surface area contributed by atoms with Gasteiger partial charge in [-0.1, -0.05) is 45.9 Å². The smallest absolute Gasteiger partial charge is 0.247 e. The summed E-state index contributed by atoms with van der Waals surface area (Å²) < 4.78 is 7.06. The summed E-state index contributed by atoms with van der Waals surface area (Å²) in [6.45, 7) is 3.71. The highest BCUT2D eigenvalue weighted by Gasteiger charge is 2.26. The molecule has 0 saturated heterocycles. The van der Waals surface area contributed by atoms with E-state index in [0.29, 0.717) is 22.5 Å². The quantitative estimate of drug-likeness (QED) is 0.444. The number of nitrogens with one attached hydrogen (secondary N) is 1. The van der Waals surface area contributed by atoms with E-state index >= 15 is 0 Å². The average molecular weight is 443 g/mol. The van der Waals surface area contributed by atoms with E-state index in [9.17, 15) is 5.11 Å². The lowest BCUT2D eigenvalue weighted by atomic mass is 10.1. The van der Waals surface area contributed by atoms with Gasteiger partial charge in [-0.25, -0.2) is 0 Å². The molecule has 8 heteroatoms. The van der Waals surface area contributed by atoms with Crippen LogP contribution in [0, 0.1) is 0 Å². The maximum atomic E-state index is 9.84. The number of aromatic nitrogens is 3. The predicted molar refractivity (Wildman–Crippen MR) is 109 cm³/mol. The van der Waals surface area contributed by atoms with Gasteiger partial charge in [-0.15, -0.1) is 16.8 Å². The van der Waals surface area contributed by atoms with Crippen LogP contribution in [0.4, 0.5) is 5.69 Å². The van der Waals surface area contributed by atoms with Gasteiger partial charge < -0.3 is 15.2 Å². The molecule has 2 heterocycles. The molecule has 0 bridgehead atoms. The highest BCUT2D eigenvalue weighted by molar-refractivity contribution is 9.10. The largest absolute Gasteiger partial charge is 0.508 e. The summed E-state index contributed by atoms with van der Waals surface area (Å²) in [5.74, 6) is 1.23. The molecule has 2 aromatic carbocycles. The lowest BCUT2D eigenvalue weighted by Crippen LogP contribution is -2.17. The highest BCUT2D eigenvalue weighted by Crippen LogP contribution is 2.41. The van der Waals surface area contributed by atoms with Crippen LogP contribution in [0.3, 0.4) is 0 Å². The van der Waals surface area contributed by atoms with Gasteiger partial charge in [-0.2, -0.15) is 4.98 Å². The van der Waals surface area contributed by atoms with Gasteiger partial charge in [0.1, 0.15) is 5.75 Å². The summed E-state index contributed by atoms with van der Waals surface area (Å²) in [5, 5.41) is 22.3. The Morgan fingerprint density at radius 2 is 2.15 bits per heavy atom. The van der Waals surface area contributed by atoms with Gasteiger partial charge in [0.2, 0.25) is 11.0 Å². The van der Waals surface area contributed by atoms with Crippen molar-refractivity contribution in [3.8, 4) is 22.9 Å². The summed E-state index contributed by atoms with van der Waals surface area (Å²) in [7, 11) is 0. The molecule has 4 rings (SSSR count). The molecule has 6 nitrogen and oxygen atoms in total. The molecule has 27 heavy (non-hydrogen) atoms. The average Bonchev–Trinajstić information content (AvgIpc) is 2.82. The molecule has 1 aliphatic rings. The molecule has 0 radical (unpaired) electrons. The first-order chi connectivity index (χ1) is 13.1. The van der Waals surface area contributed by atoms with E-state index < -0.39 is 6.23 Å². The molecule has 0 unspecified atom stereocenters. The highest BCUT2D eigenvalue weighted by atomic mass is 79.9. The van der Waals surface area contributed by atoms with Gasteiger partial charge in [0.25, 0.3) is 0 Å². The second kappa shape index (κ2) is 7.58. The molecule has 136 valence electrons. The molecule has 0 spiro atoms. The molecule has 3 aromatic rings. The molecule has 0 fully saturated rings. The fraction of sp³-hybridized carbons (Fsp3) is 0.105. The van der Waals surface area contributed by atoms with Crippen LogP contribution in [-0.2, 0) is 0 Å². The number of hydrogen-bond donors (Lipinski definition) is 2. The number of rotatable bonds is 4. The van der Waals surface area contributed by atoms with Gasteiger partial charge in [0.05, 0.1) is 0 Å². The van der Waals surface area contributed by atoms with Crippen molar-refractivity contribution in [2.45, 2.75) is 11.4 Å². The van der Waals surface area contributed by atoms with E-state index in [1.54, 1.807) is 24.3 Å². The maximum absolute atomic E-state index is 9.84. The molecule has 1 atom stereocenters. The summed E-state index contributed by atoms with van der Waals surface area (Å²) in [5.41, 5.74) is 3.01. The topological polar surface area (TPSA) is 80.2 Å². The number of benzene rings is 2. The van der Waals surface area contributed by atoms with Crippen LogP contribution < -0.4 is 10.1 Å². The standard InChI is InChI=1S/C19H15BrN4O2S/c1-2-8-27-19-22-18-16(23-24-19)14-10-12(20)6-7-15(14)21-17(26-18)11-4-3-5-13(25)9-11/h2-7,9-10,17,21,25H,1,8H2/t17-/m1/s1. The Hall–Kier alpha value is -2.58. The lowest BCUT2D eigenvalue weighted by molar-refractivity contribution is 0.225. The van der Waals surface area contributed by atoms with Crippen LogP contribution in [0.25, 0.3) is 11.3 Å². The van der Waals surface area contributed by atoms with Crippen molar-refractivity contribution in [2.24, 2.45) is 0 Å². The molecule has 1 aliphatic heterocycles. The third-order valence-corrected chi connectivity index (χ3v) is 5.22. The minimum Gasteiger partial charge on any atom is -0.508 e. The molecule has 0 saturated carbocycles.